The molecule has 2 amide bonds. The molecule has 39 heavy (non-hydrogen) atoms. The number of amides is 2. The minimum absolute atomic E-state index is 0.0871. The number of nitrogens with zero attached hydrogens (tertiary/aromatic N) is 3. The van der Waals surface area contributed by atoms with Crippen molar-refractivity contribution in [1.29, 1.82) is 0 Å². The zero-order valence-electron chi connectivity index (χ0n) is 22.8. The van der Waals surface area contributed by atoms with Crippen LogP contribution in [0.15, 0.2) is 54.7 Å². The molecule has 202 valence electrons. The van der Waals surface area contributed by atoms with Crippen molar-refractivity contribution in [3.63, 3.8) is 0 Å². The molecule has 9 nitrogen and oxygen atoms in total. The van der Waals surface area contributed by atoms with Crippen LogP contribution in [0.1, 0.15) is 61.0 Å². The van der Waals surface area contributed by atoms with Crippen molar-refractivity contribution in [2.75, 3.05) is 29.0 Å². The number of aromatic nitrogens is 3. The van der Waals surface area contributed by atoms with Gasteiger partial charge in [-0.1, -0.05) is 26.0 Å². The van der Waals surface area contributed by atoms with Crippen LogP contribution in [0.3, 0.4) is 0 Å². The molecule has 0 saturated carbocycles. The van der Waals surface area contributed by atoms with Crippen LogP contribution in [0.2, 0.25) is 0 Å². The Bertz CT molecular complexity index is 1510. The summed E-state index contributed by atoms with van der Waals surface area (Å²) in [5.74, 6) is 1.03. The van der Waals surface area contributed by atoms with Gasteiger partial charge in [-0.3, -0.25) is 14.7 Å². The number of H-pyrrole nitrogens is 1. The molecule has 1 saturated heterocycles. The Labute approximate surface area is 228 Å². The first-order chi connectivity index (χ1) is 18.8. The average molecular weight is 526 g/mol. The molecule has 0 radical (unpaired) electrons. The molecule has 1 atom stereocenters. The highest BCUT2D eigenvalue weighted by Gasteiger charge is 2.23. The average Bonchev–Trinajstić information content (AvgIpc) is 3.32. The van der Waals surface area contributed by atoms with Crippen LogP contribution in [0.4, 0.5) is 22.9 Å². The number of rotatable bonds is 7. The fraction of sp³-hybridized carbons (Fsp3) is 0.333. The van der Waals surface area contributed by atoms with Gasteiger partial charge >= 0.3 is 0 Å². The number of fused-ring (bicyclic) bond motifs is 1. The van der Waals surface area contributed by atoms with E-state index in [0.717, 1.165) is 47.4 Å². The number of hydrogen-bond donors (Lipinski definition) is 4. The molecule has 0 bridgehead atoms. The van der Waals surface area contributed by atoms with Crippen LogP contribution in [-0.4, -0.2) is 51.0 Å². The van der Waals surface area contributed by atoms with Gasteiger partial charge in [-0.05, 0) is 73.2 Å². The second-order valence-electron chi connectivity index (χ2n) is 10.5. The Morgan fingerprint density at radius 1 is 1.10 bits per heavy atom. The van der Waals surface area contributed by atoms with Gasteiger partial charge in [0.05, 0.1) is 11.1 Å². The normalized spacial score (nSPS) is 15.4. The van der Waals surface area contributed by atoms with E-state index in [1.807, 2.05) is 41.3 Å². The lowest BCUT2D eigenvalue weighted by atomic mass is 9.97. The van der Waals surface area contributed by atoms with Gasteiger partial charge in [0.25, 0.3) is 5.91 Å². The Balaban J connectivity index is 1.34. The number of piperidine rings is 1. The number of anilines is 4. The number of pyridine rings is 1. The quantitative estimate of drug-likeness (QED) is 0.242. The topological polar surface area (TPSA) is 115 Å². The molecule has 2 aromatic carbocycles. The van der Waals surface area contributed by atoms with Gasteiger partial charge in [-0.15, -0.1) is 0 Å². The number of hydrogen-bond acceptors (Lipinski definition) is 6. The third-order valence-corrected chi connectivity index (χ3v) is 7.22. The number of carbonyl (C=O) groups is 2. The molecule has 1 unspecified atom stereocenters. The van der Waals surface area contributed by atoms with Gasteiger partial charge < -0.3 is 20.9 Å². The van der Waals surface area contributed by atoms with Gasteiger partial charge in [-0.25, -0.2) is 4.98 Å². The first kappa shape index (κ1) is 26.2. The minimum Gasteiger partial charge on any atom is -0.363 e. The number of nitrogens with one attached hydrogen (secondary N) is 4. The molecule has 4 aromatic rings. The fourth-order valence-corrected chi connectivity index (χ4v) is 5.23. The molecular formula is C30H35N7O2. The Morgan fingerprint density at radius 2 is 1.95 bits per heavy atom. The van der Waals surface area contributed by atoms with E-state index in [-0.39, 0.29) is 17.9 Å². The van der Waals surface area contributed by atoms with E-state index in [4.69, 9.17) is 0 Å². The zero-order valence-corrected chi connectivity index (χ0v) is 22.8. The van der Waals surface area contributed by atoms with Crippen LogP contribution in [0, 0.1) is 6.92 Å². The van der Waals surface area contributed by atoms with Gasteiger partial charge in [0, 0.05) is 49.2 Å². The van der Waals surface area contributed by atoms with Gasteiger partial charge in [0.15, 0.2) is 11.5 Å². The van der Waals surface area contributed by atoms with E-state index in [2.05, 4.69) is 58.0 Å². The van der Waals surface area contributed by atoms with Crippen molar-refractivity contribution in [3.05, 3.63) is 71.4 Å². The summed E-state index contributed by atoms with van der Waals surface area (Å²) in [7, 11) is 0. The highest BCUT2D eigenvalue weighted by molar-refractivity contribution is 6.05. The maximum Gasteiger partial charge on any atom is 0.255 e. The second kappa shape index (κ2) is 11.1. The van der Waals surface area contributed by atoms with Crippen molar-refractivity contribution >= 4 is 45.7 Å². The Hall–Kier alpha value is -4.40. The predicted molar refractivity (Wildman–Crippen MR) is 156 cm³/mol. The molecule has 1 aliphatic heterocycles. The smallest absolute Gasteiger partial charge is 0.255 e. The SMILES string of the molecule is CC(=O)N1CCCC(Nc2n[nH]c3nccc(Nc4cccc(C(=O)Nc5ccc(C(C)C)c(C)c5)c4)c23)C1. The zero-order chi connectivity index (χ0) is 27.5. The molecular weight excluding hydrogens is 490 g/mol. The molecule has 0 aliphatic carbocycles. The van der Waals surface area contributed by atoms with E-state index < -0.39 is 0 Å². The van der Waals surface area contributed by atoms with E-state index in [1.54, 1.807) is 19.2 Å². The van der Waals surface area contributed by atoms with Gasteiger partial charge in [-0.2, -0.15) is 5.10 Å². The largest absolute Gasteiger partial charge is 0.363 e. The third kappa shape index (κ3) is 5.87. The van der Waals surface area contributed by atoms with E-state index in [1.165, 1.54) is 5.56 Å². The molecule has 5 rings (SSSR count). The summed E-state index contributed by atoms with van der Waals surface area (Å²) < 4.78 is 0. The molecule has 9 heteroatoms. The number of benzene rings is 2. The van der Waals surface area contributed by atoms with Crippen molar-refractivity contribution < 1.29 is 9.59 Å². The standard InChI is InChI=1S/C30H35N7O2/c1-18(2)25-11-10-23(15-19(25)3)34-30(39)21-7-5-8-22(16-21)32-26-12-13-31-28-27(26)29(36-35-28)33-24-9-6-14-37(17-24)20(4)38/h5,7-8,10-13,15-16,18,24H,6,9,14,17H2,1-4H3,(H,34,39)(H3,31,32,33,35,36). The number of carbonyl (C=O) groups excluding carboxylic acids is 2. The molecule has 1 aliphatic rings. The van der Waals surface area contributed by atoms with Crippen molar-refractivity contribution in [1.82, 2.24) is 20.1 Å². The lowest BCUT2D eigenvalue weighted by Crippen LogP contribution is -2.44. The van der Waals surface area contributed by atoms with Crippen LogP contribution in [0.25, 0.3) is 11.0 Å². The third-order valence-electron chi connectivity index (χ3n) is 7.22. The second-order valence-corrected chi connectivity index (χ2v) is 10.5. The Morgan fingerprint density at radius 3 is 2.72 bits per heavy atom. The van der Waals surface area contributed by atoms with Crippen LogP contribution < -0.4 is 16.0 Å². The van der Waals surface area contributed by atoms with Crippen molar-refractivity contribution in [2.45, 2.75) is 52.5 Å². The van der Waals surface area contributed by atoms with Crippen LogP contribution >= 0.6 is 0 Å². The maximum atomic E-state index is 13.1. The maximum absolute atomic E-state index is 13.1. The lowest BCUT2D eigenvalue weighted by Gasteiger charge is -2.32. The van der Waals surface area contributed by atoms with Crippen LogP contribution in [0.5, 0.6) is 0 Å². The first-order valence-electron chi connectivity index (χ1n) is 13.4. The summed E-state index contributed by atoms with van der Waals surface area (Å²) in [4.78, 5) is 31.2. The summed E-state index contributed by atoms with van der Waals surface area (Å²) >= 11 is 0. The summed E-state index contributed by atoms with van der Waals surface area (Å²) in [5.41, 5.74) is 5.99. The van der Waals surface area contributed by atoms with Crippen LogP contribution in [-0.2, 0) is 4.79 Å². The van der Waals surface area contributed by atoms with E-state index in [0.29, 0.717) is 29.5 Å². The lowest BCUT2D eigenvalue weighted by molar-refractivity contribution is -0.129. The summed E-state index contributed by atoms with van der Waals surface area (Å²) in [5, 5.41) is 18.3. The Kier molecular flexibility index (Phi) is 7.49. The van der Waals surface area contributed by atoms with E-state index in [9.17, 15) is 9.59 Å². The molecule has 2 aromatic heterocycles. The van der Waals surface area contributed by atoms with Gasteiger partial charge in [0.1, 0.15) is 0 Å². The highest BCUT2D eigenvalue weighted by Crippen LogP contribution is 2.31. The van der Waals surface area contributed by atoms with Gasteiger partial charge in [0.2, 0.25) is 5.91 Å². The number of likely N-dealkylation sites (tertiary alicyclic amines) is 1. The molecule has 3 heterocycles. The fourth-order valence-electron chi connectivity index (χ4n) is 5.23. The van der Waals surface area contributed by atoms with E-state index >= 15 is 0 Å². The monoisotopic (exact) mass is 525 g/mol. The summed E-state index contributed by atoms with van der Waals surface area (Å²) in [6.07, 6.45) is 3.61. The summed E-state index contributed by atoms with van der Waals surface area (Å²) in [6, 6.07) is 15.4. The molecule has 1 fully saturated rings. The number of aryl methyl sites for hydroxylation is 1. The number of aromatic amines is 1. The summed E-state index contributed by atoms with van der Waals surface area (Å²) in [6.45, 7) is 9.43. The molecule has 0 spiro atoms. The predicted octanol–water partition coefficient (Wildman–Crippen LogP) is 5.81. The van der Waals surface area contributed by atoms with Crippen molar-refractivity contribution in [2.24, 2.45) is 0 Å². The first-order valence-corrected chi connectivity index (χ1v) is 13.4. The molecule has 4 N–H and O–H groups in total. The highest BCUT2D eigenvalue weighted by atomic mass is 16.2. The van der Waals surface area contributed by atoms with Crippen molar-refractivity contribution in [3.8, 4) is 0 Å². The minimum atomic E-state index is -0.173.